The fraction of sp³-hybridized carbons (Fsp3) is 0.381. The van der Waals surface area contributed by atoms with Gasteiger partial charge in [0.15, 0.2) is 0 Å². The summed E-state index contributed by atoms with van der Waals surface area (Å²) < 4.78 is 0. The van der Waals surface area contributed by atoms with Gasteiger partial charge in [-0.2, -0.15) is 0 Å². The zero-order valence-electron chi connectivity index (χ0n) is 15.3. The fourth-order valence-electron chi connectivity index (χ4n) is 3.21. The summed E-state index contributed by atoms with van der Waals surface area (Å²) in [4.78, 5) is 18.2. The Labute approximate surface area is 159 Å². The van der Waals surface area contributed by atoms with Gasteiger partial charge in [0.1, 0.15) is 0 Å². The van der Waals surface area contributed by atoms with Gasteiger partial charge >= 0.3 is 0 Å². The zero-order chi connectivity index (χ0) is 18.5. The first kappa shape index (κ1) is 18.8. The van der Waals surface area contributed by atoms with Crippen LogP contribution >= 0.6 is 11.8 Å². The first-order valence-corrected chi connectivity index (χ1v) is 9.96. The van der Waals surface area contributed by atoms with Gasteiger partial charge in [0, 0.05) is 28.9 Å². The Balaban J connectivity index is 1.83. The number of fused-ring (bicyclic) bond motifs is 1. The number of nitrogens with zero attached hydrogens (tertiary/aromatic N) is 2. The maximum absolute atomic E-state index is 13.2. The predicted molar refractivity (Wildman–Crippen MR) is 109 cm³/mol. The second kappa shape index (κ2) is 8.60. The number of amides is 1. The lowest BCUT2D eigenvalue weighted by molar-refractivity contribution is -0.117. The van der Waals surface area contributed by atoms with Crippen molar-refractivity contribution in [2.24, 2.45) is 0 Å². The van der Waals surface area contributed by atoms with Crippen molar-refractivity contribution in [1.29, 1.82) is 0 Å². The second-order valence-electron chi connectivity index (χ2n) is 6.80. The first-order valence-electron chi connectivity index (χ1n) is 9.08. The van der Waals surface area contributed by atoms with Gasteiger partial charge in [-0.15, -0.1) is 11.8 Å². The highest BCUT2D eigenvalue weighted by atomic mass is 32.2. The molecule has 5 heteroatoms. The number of rotatable bonds is 5. The SMILES string of the molecule is CC(O)CN(CC(=O)N1CCC(C)Sc2ccccc21)c1ccccc1. The molecule has 0 aromatic heterocycles. The lowest BCUT2D eigenvalue weighted by Crippen LogP contribution is -2.43. The van der Waals surface area contributed by atoms with E-state index in [1.54, 1.807) is 6.92 Å². The molecule has 0 fully saturated rings. The molecule has 0 spiro atoms. The Kier molecular flexibility index (Phi) is 6.22. The number of benzene rings is 2. The first-order chi connectivity index (χ1) is 12.5. The lowest BCUT2D eigenvalue weighted by Gasteiger charge is -2.29. The van der Waals surface area contributed by atoms with Gasteiger partial charge in [0.25, 0.3) is 0 Å². The van der Waals surface area contributed by atoms with Crippen LogP contribution in [0.25, 0.3) is 0 Å². The van der Waals surface area contributed by atoms with E-state index in [1.807, 2.05) is 70.1 Å². The van der Waals surface area contributed by atoms with E-state index in [0.717, 1.165) is 29.2 Å². The quantitative estimate of drug-likeness (QED) is 0.870. The molecule has 0 bridgehead atoms. The summed E-state index contributed by atoms with van der Waals surface area (Å²) in [5.41, 5.74) is 1.95. The second-order valence-corrected chi connectivity index (χ2v) is 8.28. The molecule has 26 heavy (non-hydrogen) atoms. The molecule has 1 heterocycles. The molecule has 138 valence electrons. The molecule has 0 saturated carbocycles. The van der Waals surface area contributed by atoms with Crippen molar-refractivity contribution in [3.05, 3.63) is 54.6 Å². The van der Waals surface area contributed by atoms with Crippen LogP contribution in [0, 0.1) is 0 Å². The number of thioether (sulfide) groups is 1. The minimum absolute atomic E-state index is 0.0663. The molecule has 3 rings (SSSR count). The maximum Gasteiger partial charge on any atom is 0.246 e. The van der Waals surface area contributed by atoms with Crippen LogP contribution in [0.1, 0.15) is 20.3 Å². The Hall–Kier alpha value is -1.98. The Bertz CT molecular complexity index is 736. The molecule has 2 aromatic rings. The molecule has 1 aliphatic heterocycles. The van der Waals surface area contributed by atoms with Gasteiger partial charge in [-0.05, 0) is 37.6 Å². The van der Waals surface area contributed by atoms with E-state index in [2.05, 4.69) is 13.0 Å². The number of carbonyl (C=O) groups is 1. The predicted octanol–water partition coefficient (Wildman–Crippen LogP) is 3.79. The number of anilines is 2. The minimum Gasteiger partial charge on any atom is -0.392 e. The van der Waals surface area contributed by atoms with E-state index in [-0.39, 0.29) is 12.5 Å². The van der Waals surface area contributed by atoms with E-state index in [9.17, 15) is 9.90 Å². The molecule has 4 nitrogen and oxygen atoms in total. The minimum atomic E-state index is -0.505. The topological polar surface area (TPSA) is 43.8 Å². The summed E-state index contributed by atoms with van der Waals surface area (Å²) in [5, 5.41) is 10.4. The highest BCUT2D eigenvalue weighted by Crippen LogP contribution is 2.37. The highest BCUT2D eigenvalue weighted by Gasteiger charge is 2.25. The third kappa shape index (κ3) is 4.59. The number of hydrogen-bond acceptors (Lipinski definition) is 4. The van der Waals surface area contributed by atoms with E-state index in [0.29, 0.717) is 11.8 Å². The monoisotopic (exact) mass is 370 g/mol. The molecule has 1 amide bonds. The van der Waals surface area contributed by atoms with Gasteiger partial charge < -0.3 is 14.9 Å². The van der Waals surface area contributed by atoms with Crippen LogP contribution in [0.2, 0.25) is 0 Å². The Morgan fingerprint density at radius 2 is 1.92 bits per heavy atom. The summed E-state index contributed by atoms with van der Waals surface area (Å²) in [6, 6.07) is 17.9. The van der Waals surface area contributed by atoms with Crippen molar-refractivity contribution < 1.29 is 9.90 Å². The van der Waals surface area contributed by atoms with E-state index >= 15 is 0 Å². The molecule has 0 aliphatic carbocycles. The molecule has 0 radical (unpaired) electrons. The summed E-state index contributed by atoms with van der Waals surface area (Å²) >= 11 is 1.83. The van der Waals surface area contributed by atoms with Crippen LogP contribution in [0.3, 0.4) is 0 Å². The molecule has 2 aromatic carbocycles. The molecular weight excluding hydrogens is 344 g/mol. The lowest BCUT2D eigenvalue weighted by atomic mass is 10.2. The number of aliphatic hydroxyl groups excluding tert-OH is 1. The van der Waals surface area contributed by atoms with Crippen molar-refractivity contribution >= 4 is 29.0 Å². The third-order valence-corrected chi connectivity index (χ3v) is 5.71. The van der Waals surface area contributed by atoms with Crippen LogP contribution < -0.4 is 9.80 Å². The largest absolute Gasteiger partial charge is 0.392 e. The van der Waals surface area contributed by atoms with Gasteiger partial charge in [-0.1, -0.05) is 37.3 Å². The van der Waals surface area contributed by atoms with Gasteiger partial charge in [0.05, 0.1) is 18.3 Å². The van der Waals surface area contributed by atoms with E-state index in [4.69, 9.17) is 0 Å². The van der Waals surface area contributed by atoms with Crippen molar-refractivity contribution in [3.63, 3.8) is 0 Å². The average molecular weight is 371 g/mol. The van der Waals surface area contributed by atoms with Crippen LogP contribution in [0.5, 0.6) is 0 Å². The molecule has 1 aliphatic rings. The van der Waals surface area contributed by atoms with Crippen molar-refractivity contribution in [2.75, 3.05) is 29.4 Å². The van der Waals surface area contributed by atoms with Crippen LogP contribution in [-0.2, 0) is 4.79 Å². The van der Waals surface area contributed by atoms with Gasteiger partial charge in [-0.25, -0.2) is 0 Å². The number of para-hydroxylation sites is 2. The Morgan fingerprint density at radius 3 is 2.65 bits per heavy atom. The molecule has 1 N–H and O–H groups in total. The van der Waals surface area contributed by atoms with Crippen molar-refractivity contribution in [3.8, 4) is 0 Å². The number of carbonyl (C=O) groups excluding carboxylic acids is 1. The summed E-state index contributed by atoms with van der Waals surface area (Å²) in [7, 11) is 0. The normalized spacial score (nSPS) is 18.0. The van der Waals surface area contributed by atoms with Crippen molar-refractivity contribution in [1.82, 2.24) is 0 Å². The number of hydrogen-bond donors (Lipinski definition) is 1. The van der Waals surface area contributed by atoms with Crippen LogP contribution in [-0.4, -0.2) is 42.0 Å². The summed E-state index contributed by atoms with van der Waals surface area (Å²) in [5.74, 6) is 0.0663. The van der Waals surface area contributed by atoms with E-state index in [1.165, 1.54) is 0 Å². The average Bonchev–Trinajstić information content (AvgIpc) is 2.79. The van der Waals surface area contributed by atoms with Crippen molar-refractivity contribution in [2.45, 2.75) is 36.5 Å². The number of aliphatic hydroxyl groups is 1. The molecule has 0 saturated heterocycles. The van der Waals surface area contributed by atoms with Gasteiger partial charge in [-0.3, -0.25) is 4.79 Å². The summed E-state index contributed by atoms with van der Waals surface area (Å²) in [6.45, 7) is 5.36. The summed E-state index contributed by atoms with van der Waals surface area (Å²) in [6.07, 6.45) is 0.460. The molecule has 2 unspecified atom stereocenters. The Morgan fingerprint density at radius 1 is 1.23 bits per heavy atom. The fourth-order valence-corrected chi connectivity index (χ4v) is 4.33. The van der Waals surface area contributed by atoms with Crippen LogP contribution in [0.15, 0.2) is 59.5 Å². The molecule has 2 atom stereocenters. The zero-order valence-corrected chi connectivity index (χ0v) is 16.2. The van der Waals surface area contributed by atoms with Crippen LogP contribution in [0.4, 0.5) is 11.4 Å². The highest BCUT2D eigenvalue weighted by molar-refractivity contribution is 8.00. The van der Waals surface area contributed by atoms with E-state index < -0.39 is 6.10 Å². The third-order valence-electron chi connectivity index (χ3n) is 4.48. The van der Waals surface area contributed by atoms with Gasteiger partial charge in [0.2, 0.25) is 5.91 Å². The standard InChI is InChI=1S/C21H26N2O2S/c1-16(24)14-22(18-8-4-3-5-9-18)15-21(25)23-13-12-17(2)26-20-11-7-6-10-19(20)23/h3-11,16-17,24H,12-15H2,1-2H3. The molecular formula is C21H26N2O2S. The maximum atomic E-state index is 13.2. The smallest absolute Gasteiger partial charge is 0.246 e.